The van der Waals surface area contributed by atoms with Gasteiger partial charge < -0.3 is 14.5 Å². The third-order valence-electron chi connectivity index (χ3n) is 2.63. The van der Waals surface area contributed by atoms with Gasteiger partial charge in [0.25, 0.3) is 0 Å². The van der Waals surface area contributed by atoms with E-state index >= 15 is 0 Å². The highest BCUT2D eigenvalue weighted by atomic mass is 16.5. The van der Waals surface area contributed by atoms with Crippen molar-refractivity contribution >= 4 is 11.7 Å². The largest absolute Gasteiger partial charge is 0.476 e. The van der Waals surface area contributed by atoms with Crippen molar-refractivity contribution in [3.8, 4) is 11.3 Å². The van der Waals surface area contributed by atoms with Gasteiger partial charge in [0.2, 0.25) is 0 Å². The number of carbonyl (C=O) groups is 1. The topological polar surface area (TPSA) is 66.6 Å². The number of hydrogen-bond acceptors (Lipinski definition) is 4. The Balaban J connectivity index is 2.52. The van der Waals surface area contributed by atoms with Crippen LogP contribution in [0.4, 0.5) is 5.69 Å². The van der Waals surface area contributed by atoms with Crippen LogP contribution in [0, 0.1) is 6.92 Å². The third-order valence-corrected chi connectivity index (χ3v) is 2.63. The molecule has 0 aliphatic carbocycles. The number of hydrogen-bond donors (Lipinski definition) is 1. The van der Waals surface area contributed by atoms with Crippen LogP contribution in [0.1, 0.15) is 16.1 Å². The van der Waals surface area contributed by atoms with Gasteiger partial charge in [-0.25, -0.2) is 4.79 Å². The molecule has 0 spiro atoms. The molecular weight excluding hydrogens is 232 g/mol. The van der Waals surface area contributed by atoms with Crippen LogP contribution in [-0.2, 0) is 0 Å². The average Bonchev–Trinajstić information content (AvgIpc) is 2.78. The second-order valence-corrected chi connectivity index (χ2v) is 4.30. The molecule has 1 heterocycles. The van der Waals surface area contributed by atoms with Crippen LogP contribution in [0.3, 0.4) is 0 Å². The van der Waals surface area contributed by atoms with E-state index in [-0.39, 0.29) is 5.69 Å². The average molecular weight is 246 g/mol. The van der Waals surface area contributed by atoms with Crippen molar-refractivity contribution in [2.45, 2.75) is 6.92 Å². The number of anilines is 1. The molecule has 1 aromatic carbocycles. The van der Waals surface area contributed by atoms with Crippen molar-refractivity contribution in [1.82, 2.24) is 5.16 Å². The minimum Gasteiger partial charge on any atom is -0.476 e. The Morgan fingerprint density at radius 1 is 1.33 bits per heavy atom. The van der Waals surface area contributed by atoms with Gasteiger partial charge in [0.05, 0.1) is 0 Å². The van der Waals surface area contributed by atoms with E-state index in [1.165, 1.54) is 6.07 Å². The lowest BCUT2D eigenvalue weighted by molar-refractivity contribution is 0.0686. The molecule has 94 valence electrons. The Labute approximate surface area is 105 Å². The van der Waals surface area contributed by atoms with Gasteiger partial charge in [0.15, 0.2) is 11.5 Å². The van der Waals surface area contributed by atoms with Crippen LogP contribution in [-0.4, -0.2) is 30.3 Å². The first kappa shape index (κ1) is 12.2. The zero-order valence-corrected chi connectivity index (χ0v) is 10.5. The third kappa shape index (κ3) is 2.20. The smallest absolute Gasteiger partial charge is 0.358 e. The number of rotatable bonds is 3. The predicted octanol–water partition coefficient (Wildman–Crippen LogP) is 2.41. The zero-order chi connectivity index (χ0) is 13.3. The van der Waals surface area contributed by atoms with Gasteiger partial charge in [0, 0.05) is 31.4 Å². The molecular formula is C13H14N2O3. The lowest BCUT2D eigenvalue weighted by Gasteiger charge is -2.16. The van der Waals surface area contributed by atoms with Gasteiger partial charge in [-0.2, -0.15) is 0 Å². The van der Waals surface area contributed by atoms with Crippen LogP contribution < -0.4 is 4.90 Å². The van der Waals surface area contributed by atoms with E-state index in [0.717, 1.165) is 16.8 Å². The Hall–Kier alpha value is -2.30. The molecule has 1 N–H and O–H groups in total. The molecule has 0 atom stereocenters. The minimum atomic E-state index is -1.09. The maximum Gasteiger partial charge on any atom is 0.358 e. The fourth-order valence-corrected chi connectivity index (χ4v) is 1.72. The second kappa shape index (κ2) is 4.52. The first-order chi connectivity index (χ1) is 8.49. The lowest BCUT2D eigenvalue weighted by atomic mass is 10.1. The number of benzene rings is 1. The van der Waals surface area contributed by atoms with Crippen molar-refractivity contribution in [2.75, 3.05) is 19.0 Å². The molecule has 0 saturated heterocycles. The summed E-state index contributed by atoms with van der Waals surface area (Å²) in [5, 5.41) is 12.4. The van der Waals surface area contributed by atoms with E-state index in [2.05, 4.69) is 5.16 Å². The molecule has 2 aromatic rings. The first-order valence-corrected chi connectivity index (χ1v) is 5.47. The summed E-state index contributed by atoms with van der Waals surface area (Å²) >= 11 is 0. The lowest BCUT2D eigenvalue weighted by Crippen LogP contribution is -2.10. The normalized spacial score (nSPS) is 10.4. The Morgan fingerprint density at radius 2 is 2.06 bits per heavy atom. The van der Waals surface area contributed by atoms with Crippen molar-refractivity contribution in [1.29, 1.82) is 0 Å². The van der Waals surface area contributed by atoms with E-state index in [1.54, 1.807) is 0 Å². The molecule has 0 saturated carbocycles. The van der Waals surface area contributed by atoms with E-state index in [1.807, 2.05) is 44.1 Å². The summed E-state index contributed by atoms with van der Waals surface area (Å²) in [5.41, 5.74) is 2.82. The van der Waals surface area contributed by atoms with Gasteiger partial charge in [-0.3, -0.25) is 0 Å². The molecule has 0 aliphatic heterocycles. The molecule has 0 bridgehead atoms. The molecule has 0 unspecified atom stereocenters. The quantitative estimate of drug-likeness (QED) is 0.900. The minimum absolute atomic E-state index is 0.0877. The fourth-order valence-electron chi connectivity index (χ4n) is 1.72. The number of aromatic carboxylic acids is 1. The van der Waals surface area contributed by atoms with Crippen molar-refractivity contribution in [2.24, 2.45) is 0 Å². The monoisotopic (exact) mass is 246 g/mol. The van der Waals surface area contributed by atoms with Gasteiger partial charge in [0.1, 0.15) is 0 Å². The molecule has 18 heavy (non-hydrogen) atoms. The maximum absolute atomic E-state index is 10.8. The van der Waals surface area contributed by atoms with E-state index in [9.17, 15) is 4.79 Å². The Morgan fingerprint density at radius 3 is 2.61 bits per heavy atom. The summed E-state index contributed by atoms with van der Waals surface area (Å²) in [4.78, 5) is 12.7. The molecule has 0 amide bonds. The highest BCUT2D eigenvalue weighted by molar-refractivity contribution is 5.87. The second-order valence-electron chi connectivity index (χ2n) is 4.30. The zero-order valence-electron chi connectivity index (χ0n) is 10.5. The summed E-state index contributed by atoms with van der Waals surface area (Å²) in [6.07, 6.45) is 0. The Kier molecular flexibility index (Phi) is 3.06. The number of nitrogens with zero attached hydrogens (tertiary/aromatic N) is 2. The van der Waals surface area contributed by atoms with E-state index in [4.69, 9.17) is 9.63 Å². The van der Waals surface area contributed by atoms with Crippen molar-refractivity contribution in [3.63, 3.8) is 0 Å². The molecule has 2 rings (SSSR count). The summed E-state index contributed by atoms with van der Waals surface area (Å²) in [6.45, 7) is 2.00. The number of aromatic nitrogens is 1. The molecule has 0 aliphatic rings. The summed E-state index contributed by atoms with van der Waals surface area (Å²) in [6, 6.07) is 7.29. The fraction of sp³-hybridized carbons (Fsp3) is 0.231. The van der Waals surface area contributed by atoms with Crippen molar-refractivity contribution < 1.29 is 14.4 Å². The van der Waals surface area contributed by atoms with Gasteiger partial charge in [-0.1, -0.05) is 11.2 Å². The van der Waals surface area contributed by atoms with Crippen molar-refractivity contribution in [3.05, 3.63) is 35.5 Å². The van der Waals surface area contributed by atoms with E-state index < -0.39 is 5.97 Å². The summed E-state index contributed by atoms with van der Waals surface area (Å²) in [5.74, 6) is -0.639. The van der Waals surface area contributed by atoms with Gasteiger partial charge in [-0.15, -0.1) is 0 Å². The van der Waals surface area contributed by atoms with Gasteiger partial charge in [-0.05, 0) is 24.6 Å². The van der Waals surface area contributed by atoms with Crippen LogP contribution >= 0.6 is 0 Å². The molecule has 0 radical (unpaired) electrons. The predicted molar refractivity (Wildman–Crippen MR) is 68.0 cm³/mol. The van der Waals surface area contributed by atoms with E-state index in [0.29, 0.717) is 5.76 Å². The number of aryl methyl sites for hydroxylation is 1. The maximum atomic E-state index is 10.8. The molecule has 5 nitrogen and oxygen atoms in total. The van der Waals surface area contributed by atoms with Crippen LogP contribution in [0.5, 0.6) is 0 Å². The molecule has 5 heteroatoms. The number of carboxylic acids is 1. The summed E-state index contributed by atoms with van der Waals surface area (Å²) in [7, 11) is 3.85. The highest BCUT2D eigenvalue weighted by Crippen LogP contribution is 2.31. The van der Waals surface area contributed by atoms with Crippen LogP contribution in [0.25, 0.3) is 11.3 Å². The first-order valence-electron chi connectivity index (χ1n) is 5.47. The molecule has 1 aromatic heterocycles. The van der Waals surface area contributed by atoms with Crippen LogP contribution in [0.15, 0.2) is 28.8 Å². The van der Waals surface area contributed by atoms with Crippen LogP contribution in [0.2, 0.25) is 0 Å². The standard InChI is InChI=1S/C13H14N2O3/c1-8-4-5-9(11(6-8)15(2)3)12-7-10(13(16)17)14-18-12/h4-7H,1-3H3,(H,16,17). The number of carboxylic acid groups (broad SMARTS) is 1. The molecule has 0 fully saturated rings. The SMILES string of the molecule is Cc1ccc(-c2cc(C(=O)O)no2)c(N(C)C)c1. The highest BCUT2D eigenvalue weighted by Gasteiger charge is 2.15. The Bertz CT molecular complexity index is 588. The summed E-state index contributed by atoms with van der Waals surface area (Å²) < 4.78 is 5.09. The van der Waals surface area contributed by atoms with Gasteiger partial charge >= 0.3 is 5.97 Å².